The Morgan fingerprint density at radius 2 is 1.93 bits per heavy atom. The zero-order valence-electron chi connectivity index (χ0n) is 16.2. The Labute approximate surface area is 167 Å². The van der Waals surface area contributed by atoms with Crippen molar-refractivity contribution in [3.8, 4) is 11.1 Å². The molecule has 4 aromatic rings. The first-order valence-corrected chi connectivity index (χ1v) is 10.8. The lowest BCUT2D eigenvalue weighted by Gasteiger charge is -2.13. The highest BCUT2D eigenvalue weighted by Gasteiger charge is 2.13. The molecule has 0 unspecified atom stereocenters. The van der Waals surface area contributed by atoms with E-state index in [9.17, 15) is 13.2 Å². The van der Waals surface area contributed by atoms with E-state index >= 15 is 0 Å². The molecule has 0 saturated heterocycles. The van der Waals surface area contributed by atoms with Crippen LogP contribution in [0.5, 0.6) is 0 Å². The third kappa shape index (κ3) is 3.54. The van der Waals surface area contributed by atoms with Gasteiger partial charge < -0.3 is 10.3 Å². The van der Waals surface area contributed by atoms with Crippen molar-refractivity contribution in [2.75, 3.05) is 11.6 Å². The highest BCUT2D eigenvalue weighted by atomic mass is 32.2. The maximum Gasteiger partial charge on any atom is 0.271 e. The summed E-state index contributed by atoms with van der Waals surface area (Å²) in [6, 6.07) is 12.7. The van der Waals surface area contributed by atoms with E-state index in [1.54, 1.807) is 38.4 Å². The van der Waals surface area contributed by atoms with Crippen LogP contribution in [-0.4, -0.2) is 29.4 Å². The molecule has 0 fully saturated rings. The van der Waals surface area contributed by atoms with Gasteiger partial charge in [0, 0.05) is 41.7 Å². The summed E-state index contributed by atoms with van der Waals surface area (Å²) in [5, 5.41) is 8.31. The normalized spacial score (nSPS) is 11.7. The minimum Gasteiger partial charge on any atom is -0.361 e. The average Bonchev–Trinajstić information content (AvgIpc) is 3.16. The number of hydrogen-bond donors (Lipinski definition) is 2. The molecule has 7 nitrogen and oxygen atoms in total. The molecule has 2 aromatic heterocycles. The number of H-pyrrole nitrogens is 1. The van der Waals surface area contributed by atoms with Crippen molar-refractivity contribution >= 4 is 32.1 Å². The number of fused-ring (bicyclic) bond motifs is 1. The number of benzene rings is 2. The molecule has 0 radical (unpaired) electrons. The average molecular weight is 408 g/mol. The molecule has 29 heavy (non-hydrogen) atoms. The van der Waals surface area contributed by atoms with Gasteiger partial charge in [-0.3, -0.25) is 4.79 Å². The van der Waals surface area contributed by atoms with Crippen LogP contribution in [0.25, 0.3) is 22.0 Å². The third-order valence-electron chi connectivity index (χ3n) is 4.90. The number of rotatable bonds is 4. The Kier molecular flexibility index (Phi) is 4.50. The molecule has 0 aliphatic rings. The molecule has 0 aliphatic carbocycles. The molecular weight excluding hydrogens is 388 g/mol. The SMILES string of the molecule is Cc1c(Nc2cc(-c3cccc(S(C)(=O)=O)c3)c3cc[nH]c3c2)cnn(C)c1=O. The summed E-state index contributed by atoms with van der Waals surface area (Å²) in [5.41, 5.74) is 4.34. The number of anilines is 2. The van der Waals surface area contributed by atoms with Gasteiger partial charge in [-0.1, -0.05) is 12.1 Å². The van der Waals surface area contributed by atoms with Crippen molar-refractivity contribution < 1.29 is 8.42 Å². The predicted octanol–water partition coefficient (Wildman–Crippen LogP) is 3.38. The van der Waals surface area contributed by atoms with Gasteiger partial charge in [0.15, 0.2) is 9.84 Å². The van der Waals surface area contributed by atoms with E-state index < -0.39 is 9.84 Å². The fourth-order valence-electron chi connectivity index (χ4n) is 3.31. The third-order valence-corrected chi connectivity index (χ3v) is 6.01. The van der Waals surface area contributed by atoms with Crippen LogP contribution in [0.4, 0.5) is 11.4 Å². The molecule has 0 saturated carbocycles. The highest BCUT2D eigenvalue weighted by Crippen LogP contribution is 2.34. The number of aromatic amines is 1. The number of nitrogens with zero attached hydrogens (tertiary/aromatic N) is 2. The highest BCUT2D eigenvalue weighted by molar-refractivity contribution is 7.90. The monoisotopic (exact) mass is 408 g/mol. The van der Waals surface area contributed by atoms with E-state index in [1.807, 2.05) is 30.5 Å². The second-order valence-corrected chi connectivity index (χ2v) is 9.02. The van der Waals surface area contributed by atoms with E-state index in [2.05, 4.69) is 15.4 Å². The van der Waals surface area contributed by atoms with E-state index in [1.165, 1.54) is 10.9 Å². The summed E-state index contributed by atoms with van der Waals surface area (Å²) in [6.07, 6.45) is 4.64. The molecular formula is C21H20N4O3S. The Balaban J connectivity index is 1.86. The maximum absolute atomic E-state index is 12.2. The summed E-state index contributed by atoms with van der Waals surface area (Å²) < 4.78 is 25.2. The fraction of sp³-hybridized carbons (Fsp3) is 0.143. The Morgan fingerprint density at radius 1 is 1.14 bits per heavy atom. The lowest BCUT2D eigenvalue weighted by molar-refractivity contribution is 0.602. The van der Waals surface area contributed by atoms with Crippen molar-refractivity contribution in [2.45, 2.75) is 11.8 Å². The molecule has 4 rings (SSSR count). The van der Waals surface area contributed by atoms with Gasteiger partial charge in [0.05, 0.1) is 16.8 Å². The van der Waals surface area contributed by atoms with Crippen LogP contribution in [0.3, 0.4) is 0 Å². The summed E-state index contributed by atoms with van der Waals surface area (Å²) in [5.74, 6) is 0. The summed E-state index contributed by atoms with van der Waals surface area (Å²) in [7, 11) is -1.71. The van der Waals surface area contributed by atoms with E-state index in [4.69, 9.17) is 0 Å². The van der Waals surface area contributed by atoms with Gasteiger partial charge in [-0.05, 0) is 48.4 Å². The van der Waals surface area contributed by atoms with E-state index in [-0.39, 0.29) is 10.5 Å². The van der Waals surface area contributed by atoms with Gasteiger partial charge in [-0.15, -0.1) is 0 Å². The standard InChI is InChI=1S/C21H20N4O3S/c1-13-20(12-23-25(2)21(13)26)24-15-10-18(17-7-8-22-19(17)11-15)14-5-4-6-16(9-14)29(3,27)28/h4-12,22,24H,1-3H3. The van der Waals surface area contributed by atoms with Crippen LogP contribution in [0.1, 0.15) is 5.56 Å². The first-order valence-electron chi connectivity index (χ1n) is 8.95. The van der Waals surface area contributed by atoms with Crippen LogP contribution in [0.2, 0.25) is 0 Å². The Bertz CT molecular complexity index is 1400. The quantitative estimate of drug-likeness (QED) is 0.540. The lowest BCUT2D eigenvalue weighted by Crippen LogP contribution is -2.22. The van der Waals surface area contributed by atoms with Crippen molar-refractivity contribution in [1.29, 1.82) is 0 Å². The van der Waals surface area contributed by atoms with Crippen molar-refractivity contribution in [3.63, 3.8) is 0 Å². The van der Waals surface area contributed by atoms with Gasteiger partial charge in [-0.2, -0.15) is 5.10 Å². The topological polar surface area (TPSA) is 96.8 Å². The van der Waals surface area contributed by atoms with E-state index in [0.717, 1.165) is 27.7 Å². The minimum absolute atomic E-state index is 0.169. The second-order valence-electron chi connectivity index (χ2n) is 7.00. The molecule has 2 aromatic carbocycles. The lowest BCUT2D eigenvalue weighted by atomic mass is 10.0. The molecule has 148 valence electrons. The van der Waals surface area contributed by atoms with Gasteiger partial charge in [0.25, 0.3) is 5.56 Å². The molecule has 2 N–H and O–H groups in total. The zero-order valence-corrected chi connectivity index (χ0v) is 17.0. The first kappa shape index (κ1) is 18.9. The number of aromatic nitrogens is 3. The molecule has 0 atom stereocenters. The number of hydrogen-bond acceptors (Lipinski definition) is 5. The maximum atomic E-state index is 12.2. The van der Waals surface area contributed by atoms with Gasteiger partial charge in [0.1, 0.15) is 0 Å². The van der Waals surface area contributed by atoms with Gasteiger partial charge >= 0.3 is 0 Å². The minimum atomic E-state index is -3.32. The number of nitrogens with one attached hydrogen (secondary N) is 2. The van der Waals surface area contributed by atoms with Crippen LogP contribution < -0.4 is 10.9 Å². The molecule has 2 heterocycles. The van der Waals surface area contributed by atoms with Crippen LogP contribution in [0, 0.1) is 6.92 Å². The van der Waals surface area contributed by atoms with Gasteiger partial charge in [0.2, 0.25) is 0 Å². The molecule has 0 bridgehead atoms. The summed E-state index contributed by atoms with van der Waals surface area (Å²) in [4.78, 5) is 15.6. The fourth-order valence-corrected chi connectivity index (χ4v) is 3.97. The van der Waals surface area contributed by atoms with Crippen molar-refractivity contribution in [1.82, 2.24) is 14.8 Å². The summed E-state index contributed by atoms with van der Waals surface area (Å²) >= 11 is 0. The number of aryl methyl sites for hydroxylation is 1. The molecule has 0 aliphatic heterocycles. The number of sulfone groups is 1. The van der Waals surface area contributed by atoms with Gasteiger partial charge in [-0.25, -0.2) is 13.1 Å². The van der Waals surface area contributed by atoms with E-state index in [0.29, 0.717) is 11.3 Å². The zero-order chi connectivity index (χ0) is 20.8. The van der Waals surface area contributed by atoms with Crippen LogP contribution in [0.15, 0.2) is 64.5 Å². The molecule has 0 spiro atoms. The smallest absolute Gasteiger partial charge is 0.271 e. The summed E-state index contributed by atoms with van der Waals surface area (Å²) in [6.45, 7) is 1.75. The van der Waals surface area contributed by atoms with Crippen molar-refractivity contribution in [3.05, 3.63) is 70.8 Å². The van der Waals surface area contributed by atoms with Crippen LogP contribution in [-0.2, 0) is 16.9 Å². The molecule has 8 heteroatoms. The predicted molar refractivity (Wildman–Crippen MR) is 114 cm³/mol. The first-order chi connectivity index (χ1) is 13.7. The van der Waals surface area contributed by atoms with Crippen LogP contribution >= 0.6 is 0 Å². The second kappa shape index (κ2) is 6.89. The Hall–Kier alpha value is -3.39. The molecule has 0 amide bonds. The largest absolute Gasteiger partial charge is 0.361 e. The van der Waals surface area contributed by atoms with Crippen molar-refractivity contribution in [2.24, 2.45) is 7.05 Å². The Morgan fingerprint density at radius 3 is 2.69 bits per heavy atom.